The normalized spacial score (nSPS) is 14.2. The number of ether oxygens (including phenoxy) is 1. The van der Waals surface area contributed by atoms with Crippen LogP contribution in [0.3, 0.4) is 0 Å². The van der Waals surface area contributed by atoms with Crippen molar-refractivity contribution < 1.29 is 9.13 Å². The van der Waals surface area contributed by atoms with Crippen LogP contribution in [-0.4, -0.2) is 18.9 Å². The number of halogens is 2. The summed E-state index contributed by atoms with van der Waals surface area (Å²) in [6.07, 6.45) is 1.01. The van der Waals surface area contributed by atoms with E-state index in [0.29, 0.717) is 5.02 Å². The highest BCUT2D eigenvalue weighted by Gasteiger charge is 2.11. The Hall–Kier alpha value is -2.07. The first kappa shape index (κ1) is 14.9. The number of amidine groups is 1. The number of aliphatic imine (C=N–C) groups is 1. The molecule has 0 saturated carbocycles. The van der Waals surface area contributed by atoms with E-state index in [1.54, 1.807) is 18.2 Å². The van der Waals surface area contributed by atoms with Crippen molar-refractivity contribution in [2.45, 2.75) is 13.0 Å². The number of nitrogens with zero attached hydrogens (tertiary/aromatic N) is 1. The third kappa shape index (κ3) is 3.57. The monoisotopic (exact) mass is 318 g/mol. The van der Waals surface area contributed by atoms with Gasteiger partial charge in [-0.3, -0.25) is 4.99 Å². The second-order valence-corrected chi connectivity index (χ2v) is 5.51. The van der Waals surface area contributed by atoms with Crippen LogP contribution in [-0.2, 0) is 6.61 Å². The summed E-state index contributed by atoms with van der Waals surface area (Å²) in [6, 6.07) is 12.2. The molecule has 0 radical (unpaired) electrons. The predicted octanol–water partition coefficient (Wildman–Crippen LogP) is 3.80. The van der Waals surface area contributed by atoms with Crippen molar-refractivity contribution in [3.8, 4) is 5.75 Å². The Morgan fingerprint density at radius 2 is 2.14 bits per heavy atom. The smallest absolute Gasteiger partial charge is 0.165 e. The highest BCUT2D eigenvalue weighted by molar-refractivity contribution is 6.30. The molecule has 0 saturated heterocycles. The topological polar surface area (TPSA) is 33.6 Å². The van der Waals surface area contributed by atoms with Crippen LogP contribution < -0.4 is 10.1 Å². The zero-order chi connectivity index (χ0) is 15.4. The van der Waals surface area contributed by atoms with Crippen LogP contribution in [0.1, 0.15) is 17.5 Å². The molecule has 22 heavy (non-hydrogen) atoms. The van der Waals surface area contributed by atoms with Crippen molar-refractivity contribution in [3.63, 3.8) is 0 Å². The molecule has 0 bridgehead atoms. The van der Waals surface area contributed by atoms with E-state index in [1.807, 2.05) is 18.2 Å². The molecule has 0 atom stereocenters. The molecular formula is C17H16ClFN2O. The summed E-state index contributed by atoms with van der Waals surface area (Å²) in [5, 5.41) is 3.81. The Morgan fingerprint density at radius 1 is 1.23 bits per heavy atom. The molecule has 0 aromatic heterocycles. The van der Waals surface area contributed by atoms with Crippen LogP contribution in [0.2, 0.25) is 5.02 Å². The largest absolute Gasteiger partial charge is 0.486 e. The van der Waals surface area contributed by atoms with Gasteiger partial charge in [-0.25, -0.2) is 4.39 Å². The van der Waals surface area contributed by atoms with Gasteiger partial charge in [0.05, 0.1) is 0 Å². The van der Waals surface area contributed by atoms with Crippen molar-refractivity contribution in [1.82, 2.24) is 5.32 Å². The van der Waals surface area contributed by atoms with Gasteiger partial charge in [-0.2, -0.15) is 0 Å². The Kier molecular flexibility index (Phi) is 4.59. The SMILES string of the molecule is Fc1cc(C2=NCCCN2)ccc1OCc1cccc(Cl)c1. The van der Waals surface area contributed by atoms with E-state index < -0.39 is 5.82 Å². The van der Waals surface area contributed by atoms with Gasteiger partial charge in [0.1, 0.15) is 12.4 Å². The molecule has 3 rings (SSSR count). The van der Waals surface area contributed by atoms with Gasteiger partial charge in [-0.15, -0.1) is 0 Å². The molecule has 0 fully saturated rings. The first-order valence-corrected chi connectivity index (χ1v) is 7.56. The molecular weight excluding hydrogens is 303 g/mol. The van der Waals surface area contributed by atoms with Crippen molar-refractivity contribution >= 4 is 17.4 Å². The minimum Gasteiger partial charge on any atom is -0.486 e. The molecule has 1 aliphatic heterocycles. The summed E-state index contributed by atoms with van der Waals surface area (Å²) < 4.78 is 19.7. The Balaban J connectivity index is 1.71. The summed E-state index contributed by atoms with van der Waals surface area (Å²) in [6.45, 7) is 1.92. The van der Waals surface area contributed by atoms with Gasteiger partial charge < -0.3 is 10.1 Å². The van der Waals surface area contributed by atoms with Gasteiger partial charge in [0.2, 0.25) is 0 Å². The lowest BCUT2D eigenvalue weighted by Crippen LogP contribution is -2.30. The first-order valence-electron chi connectivity index (χ1n) is 7.18. The quantitative estimate of drug-likeness (QED) is 0.930. The molecule has 0 unspecified atom stereocenters. The maximum Gasteiger partial charge on any atom is 0.165 e. The molecule has 1 aliphatic rings. The molecule has 0 spiro atoms. The zero-order valence-corrected chi connectivity index (χ0v) is 12.7. The van der Waals surface area contributed by atoms with Crippen LogP contribution >= 0.6 is 11.6 Å². The number of benzene rings is 2. The second kappa shape index (κ2) is 6.79. The molecule has 1 N–H and O–H groups in total. The summed E-state index contributed by atoms with van der Waals surface area (Å²) in [5.74, 6) is 0.571. The Labute approximate surface area is 133 Å². The van der Waals surface area contributed by atoms with E-state index in [9.17, 15) is 4.39 Å². The molecule has 114 valence electrons. The summed E-state index contributed by atoms with van der Waals surface area (Å²) in [5.41, 5.74) is 1.64. The van der Waals surface area contributed by atoms with Gasteiger partial charge in [-0.1, -0.05) is 23.7 Å². The van der Waals surface area contributed by atoms with Gasteiger partial charge in [-0.05, 0) is 42.3 Å². The summed E-state index contributed by atoms with van der Waals surface area (Å²) in [4.78, 5) is 4.36. The fraction of sp³-hybridized carbons (Fsp3) is 0.235. The van der Waals surface area contributed by atoms with Gasteiger partial charge >= 0.3 is 0 Å². The predicted molar refractivity (Wildman–Crippen MR) is 86.2 cm³/mol. The standard InChI is InChI=1S/C17H16ClFN2O/c18-14-4-1-3-12(9-14)11-22-16-6-5-13(10-15(16)19)17-20-7-2-8-21-17/h1,3-6,9-10H,2,7-8,11H2,(H,20,21). The lowest BCUT2D eigenvalue weighted by atomic mass is 10.1. The number of rotatable bonds is 4. The van der Waals surface area contributed by atoms with Crippen LogP contribution in [0.25, 0.3) is 0 Å². The van der Waals surface area contributed by atoms with Crippen LogP contribution in [0.15, 0.2) is 47.5 Å². The Bertz CT molecular complexity index is 703. The number of hydrogen-bond donors (Lipinski definition) is 1. The highest BCUT2D eigenvalue weighted by Crippen LogP contribution is 2.21. The zero-order valence-electron chi connectivity index (χ0n) is 12.0. The van der Waals surface area contributed by atoms with Crippen LogP contribution in [0.5, 0.6) is 5.75 Å². The first-order chi connectivity index (χ1) is 10.7. The van der Waals surface area contributed by atoms with E-state index in [4.69, 9.17) is 16.3 Å². The maximum atomic E-state index is 14.2. The van der Waals surface area contributed by atoms with E-state index >= 15 is 0 Å². The molecule has 5 heteroatoms. The van der Waals surface area contributed by atoms with E-state index in [2.05, 4.69) is 10.3 Å². The fourth-order valence-corrected chi connectivity index (χ4v) is 2.49. The highest BCUT2D eigenvalue weighted by atomic mass is 35.5. The molecule has 0 aliphatic carbocycles. The van der Waals surface area contributed by atoms with Gasteiger partial charge in [0.15, 0.2) is 11.6 Å². The summed E-state index contributed by atoms with van der Waals surface area (Å²) in [7, 11) is 0. The lowest BCUT2D eigenvalue weighted by molar-refractivity contribution is 0.290. The average Bonchev–Trinajstić information content (AvgIpc) is 2.54. The molecule has 2 aromatic carbocycles. The average molecular weight is 319 g/mol. The maximum absolute atomic E-state index is 14.2. The minimum absolute atomic E-state index is 0.222. The Morgan fingerprint density at radius 3 is 2.86 bits per heavy atom. The number of nitrogens with one attached hydrogen (secondary N) is 1. The van der Waals surface area contributed by atoms with E-state index in [-0.39, 0.29) is 12.4 Å². The van der Waals surface area contributed by atoms with Crippen LogP contribution in [0.4, 0.5) is 4.39 Å². The van der Waals surface area contributed by atoms with Crippen LogP contribution in [0, 0.1) is 5.82 Å². The lowest BCUT2D eigenvalue weighted by Gasteiger charge is -2.15. The van der Waals surface area contributed by atoms with Crippen molar-refractivity contribution in [3.05, 3.63) is 64.4 Å². The second-order valence-electron chi connectivity index (χ2n) is 5.07. The van der Waals surface area contributed by atoms with E-state index in [1.165, 1.54) is 6.07 Å². The van der Waals surface area contributed by atoms with Crippen molar-refractivity contribution in [2.75, 3.05) is 13.1 Å². The molecule has 2 aromatic rings. The van der Waals surface area contributed by atoms with Crippen molar-refractivity contribution in [2.24, 2.45) is 4.99 Å². The molecule has 0 amide bonds. The van der Waals surface area contributed by atoms with Crippen molar-refractivity contribution in [1.29, 1.82) is 0 Å². The molecule has 3 nitrogen and oxygen atoms in total. The fourth-order valence-electron chi connectivity index (χ4n) is 2.28. The number of hydrogen-bond acceptors (Lipinski definition) is 3. The minimum atomic E-state index is -0.394. The van der Waals surface area contributed by atoms with Gasteiger partial charge in [0.25, 0.3) is 0 Å². The molecule has 1 heterocycles. The van der Waals surface area contributed by atoms with E-state index in [0.717, 1.165) is 36.5 Å². The van der Waals surface area contributed by atoms with Gasteiger partial charge in [0, 0.05) is 23.7 Å². The third-order valence-electron chi connectivity index (χ3n) is 3.39. The summed E-state index contributed by atoms with van der Waals surface area (Å²) >= 11 is 5.91. The third-order valence-corrected chi connectivity index (χ3v) is 3.62.